The molecule has 1 aliphatic rings. The Balaban J connectivity index is 2.05. The highest BCUT2D eigenvalue weighted by Crippen LogP contribution is 2.40. The second-order valence-electron chi connectivity index (χ2n) is 4.06. The zero-order valence-corrected chi connectivity index (χ0v) is 10.3. The Labute approximate surface area is 110 Å². The summed E-state index contributed by atoms with van der Waals surface area (Å²) in [6.07, 6.45) is -0.353. The van der Waals surface area contributed by atoms with Crippen molar-refractivity contribution < 1.29 is 0 Å². The van der Waals surface area contributed by atoms with Crippen molar-refractivity contribution in [2.75, 3.05) is 0 Å². The van der Waals surface area contributed by atoms with Crippen LogP contribution in [0.5, 0.6) is 0 Å². The summed E-state index contributed by atoms with van der Waals surface area (Å²) in [5.41, 5.74) is 8.58. The van der Waals surface area contributed by atoms with Crippen LogP contribution in [0.2, 0.25) is 5.02 Å². The number of nitrogens with zero attached hydrogens (tertiary/aromatic N) is 2. The average molecular weight is 257 g/mol. The average Bonchev–Trinajstić information content (AvgIpc) is 2.39. The van der Waals surface area contributed by atoms with Gasteiger partial charge in [0.1, 0.15) is 5.84 Å². The highest BCUT2D eigenvalue weighted by atomic mass is 35.5. The van der Waals surface area contributed by atoms with Crippen molar-refractivity contribution in [1.29, 1.82) is 0 Å². The summed E-state index contributed by atoms with van der Waals surface area (Å²) in [6.45, 7) is 0. The van der Waals surface area contributed by atoms with Crippen molar-refractivity contribution in [3.63, 3.8) is 0 Å². The number of hydrogen-bond acceptors (Lipinski definition) is 2. The molecule has 0 radical (unpaired) electrons. The zero-order valence-electron chi connectivity index (χ0n) is 9.55. The van der Waals surface area contributed by atoms with Gasteiger partial charge in [-0.15, -0.1) is 5.69 Å². The molecule has 90 valence electrons. The third kappa shape index (κ3) is 1.83. The molecule has 1 heterocycles. The van der Waals surface area contributed by atoms with Crippen molar-refractivity contribution in [3.05, 3.63) is 70.0 Å². The Morgan fingerprint density at radius 1 is 1.06 bits per heavy atom. The third-order valence-electron chi connectivity index (χ3n) is 2.89. The van der Waals surface area contributed by atoms with E-state index in [1.54, 1.807) is 0 Å². The van der Waals surface area contributed by atoms with Gasteiger partial charge in [-0.3, -0.25) is 4.99 Å². The molecular formula is C14H11ClN3-. The SMILES string of the molecule is NC1=NC(c2ccccc2Cl)[N-]c2ccccc21. The summed E-state index contributed by atoms with van der Waals surface area (Å²) in [5.74, 6) is 0.505. The van der Waals surface area contributed by atoms with Crippen LogP contribution in [-0.2, 0) is 0 Å². The van der Waals surface area contributed by atoms with Gasteiger partial charge in [0.05, 0.1) is 0 Å². The maximum atomic E-state index is 6.16. The molecule has 0 amide bonds. The smallest absolute Gasteiger partial charge is 0.123 e. The molecular weight excluding hydrogens is 246 g/mol. The minimum Gasteiger partial charge on any atom is -0.659 e. The molecule has 4 heteroatoms. The number of para-hydroxylation sites is 1. The first-order valence-electron chi connectivity index (χ1n) is 5.63. The summed E-state index contributed by atoms with van der Waals surface area (Å²) in [6, 6.07) is 15.3. The van der Waals surface area contributed by atoms with Gasteiger partial charge in [0, 0.05) is 16.8 Å². The molecule has 2 aromatic carbocycles. The first-order valence-corrected chi connectivity index (χ1v) is 6.01. The standard InChI is InChI=1S/C14H11ClN3/c15-11-7-3-1-5-9(11)14-17-12-8-4-2-6-10(12)13(16)18-14/h1-8,14H,(H2,16,18)/q-1. The molecule has 0 aliphatic carbocycles. The van der Waals surface area contributed by atoms with Crippen LogP contribution in [-0.4, -0.2) is 5.84 Å². The number of benzene rings is 2. The Hall–Kier alpha value is -2.00. The van der Waals surface area contributed by atoms with Crippen LogP contribution in [0.15, 0.2) is 53.5 Å². The molecule has 1 atom stereocenters. The molecule has 2 N–H and O–H groups in total. The van der Waals surface area contributed by atoms with E-state index in [1.165, 1.54) is 0 Å². The molecule has 0 saturated heterocycles. The lowest BCUT2D eigenvalue weighted by molar-refractivity contribution is 0.869. The molecule has 0 fully saturated rings. The van der Waals surface area contributed by atoms with Crippen LogP contribution < -0.4 is 5.73 Å². The van der Waals surface area contributed by atoms with Gasteiger partial charge < -0.3 is 11.1 Å². The number of nitrogens with two attached hydrogens (primary N) is 1. The van der Waals surface area contributed by atoms with Crippen molar-refractivity contribution in [2.45, 2.75) is 6.17 Å². The number of amidine groups is 1. The lowest BCUT2D eigenvalue weighted by atomic mass is 10.1. The lowest BCUT2D eigenvalue weighted by Crippen LogP contribution is -2.18. The van der Waals surface area contributed by atoms with Crippen LogP contribution in [0.25, 0.3) is 5.32 Å². The first-order chi connectivity index (χ1) is 8.75. The van der Waals surface area contributed by atoms with Gasteiger partial charge in [-0.05, 0) is 11.6 Å². The molecule has 2 aromatic rings. The van der Waals surface area contributed by atoms with E-state index in [2.05, 4.69) is 10.3 Å². The highest BCUT2D eigenvalue weighted by molar-refractivity contribution is 6.31. The van der Waals surface area contributed by atoms with Crippen LogP contribution in [0, 0.1) is 0 Å². The van der Waals surface area contributed by atoms with E-state index in [0.717, 1.165) is 16.8 Å². The van der Waals surface area contributed by atoms with Crippen molar-refractivity contribution >= 4 is 23.1 Å². The van der Waals surface area contributed by atoms with Crippen molar-refractivity contribution in [3.8, 4) is 0 Å². The predicted octanol–water partition coefficient (Wildman–Crippen LogP) is 3.76. The summed E-state index contributed by atoms with van der Waals surface area (Å²) < 4.78 is 0. The van der Waals surface area contributed by atoms with E-state index in [4.69, 9.17) is 17.3 Å². The minimum absolute atomic E-state index is 0.353. The fourth-order valence-electron chi connectivity index (χ4n) is 1.99. The number of halogens is 1. The van der Waals surface area contributed by atoms with Gasteiger partial charge in [-0.25, -0.2) is 0 Å². The largest absolute Gasteiger partial charge is 0.659 e. The Morgan fingerprint density at radius 3 is 2.61 bits per heavy atom. The van der Waals surface area contributed by atoms with Crippen LogP contribution in [0.1, 0.15) is 17.3 Å². The Morgan fingerprint density at radius 2 is 1.78 bits per heavy atom. The molecule has 18 heavy (non-hydrogen) atoms. The lowest BCUT2D eigenvalue weighted by Gasteiger charge is -2.36. The van der Waals surface area contributed by atoms with Crippen molar-refractivity contribution in [1.82, 2.24) is 0 Å². The van der Waals surface area contributed by atoms with E-state index in [-0.39, 0.29) is 6.17 Å². The number of fused-ring (bicyclic) bond motifs is 1. The maximum absolute atomic E-state index is 6.16. The molecule has 3 rings (SSSR count). The molecule has 0 bridgehead atoms. The number of hydrogen-bond donors (Lipinski definition) is 1. The zero-order chi connectivity index (χ0) is 12.5. The van der Waals surface area contributed by atoms with E-state index in [0.29, 0.717) is 10.9 Å². The second-order valence-corrected chi connectivity index (χ2v) is 4.46. The third-order valence-corrected chi connectivity index (χ3v) is 3.23. The van der Waals surface area contributed by atoms with Gasteiger partial charge in [-0.2, -0.15) is 0 Å². The quantitative estimate of drug-likeness (QED) is 0.830. The highest BCUT2D eigenvalue weighted by Gasteiger charge is 2.12. The monoisotopic (exact) mass is 256 g/mol. The van der Waals surface area contributed by atoms with E-state index in [9.17, 15) is 0 Å². The maximum Gasteiger partial charge on any atom is 0.123 e. The Kier molecular flexibility index (Phi) is 2.68. The molecule has 0 aromatic heterocycles. The summed E-state index contributed by atoms with van der Waals surface area (Å²) in [5, 5.41) is 5.23. The van der Waals surface area contributed by atoms with Gasteiger partial charge >= 0.3 is 0 Å². The van der Waals surface area contributed by atoms with E-state index in [1.807, 2.05) is 48.5 Å². The summed E-state index contributed by atoms with van der Waals surface area (Å²) >= 11 is 6.16. The van der Waals surface area contributed by atoms with Gasteiger partial charge in [0.2, 0.25) is 0 Å². The summed E-state index contributed by atoms with van der Waals surface area (Å²) in [7, 11) is 0. The van der Waals surface area contributed by atoms with Gasteiger partial charge in [0.15, 0.2) is 0 Å². The summed E-state index contributed by atoms with van der Waals surface area (Å²) in [4.78, 5) is 4.40. The van der Waals surface area contributed by atoms with E-state index >= 15 is 0 Å². The topological polar surface area (TPSA) is 52.5 Å². The molecule has 1 aliphatic heterocycles. The molecule has 1 unspecified atom stereocenters. The van der Waals surface area contributed by atoms with Crippen molar-refractivity contribution in [2.24, 2.45) is 10.7 Å². The van der Waals surface area contributed by atoms with Crippen LogP contribution >= 0.6 is 11.6 Å². The Bertz CT molecular complexity index is 622. The van der Waals surface area contributed by atoms with Crippen LogP contribution in [0.4, 0.5) is 5.69 Å². The van der Waals surface area contributed by atoms with E-state index < -0.39 is 0 Å². The normalized spacial score (nSPS) is 17.6. The number of rotatable bonds is 1. The second kappa shape index (κ2) is 4.35. The molecule has 0 spiro atoms. The molecule has 0 saturated carbocycles. The predicted molar refractivity (Wildman–Crippen MR) is 74.4 cm³/mol. The fourth-order valence-corrected chi connectivity index (χ4v) is 2.22. The molecule has 3 nitrogen and oxygen atoms in total. The van der Waals surface area contributed by atoms with Gasteiger partial charge in [-0.1, -0.05) is 54.1 Å². The fraction of sp³-hybridized carbons (Fsp3) is 0.0714. The minimum atomic E-state index is -0.353. The number of aliphatic imine (C=N–C) groups is 1. The van der Waals surface area contributed by atoms with Gasteiger partial charge in [0.25, 0.3) is 0 Å². The first kappa shape index (κ1) is 11.1. The van der Waals surface area contributed by atoms with Crippen LogP contribution in [0.3, 0.4) is 0 Å².